The van der Waals surface area contributed by atoms with Crippen LogP contribution in [-0.2, 0) is 10.8 Å². The molecule has 0 amide bonds. The van der Waals surface area contributed by atoms with Gasteiger partial charge < -0.3 is 0 Å². The Morgan fingerprint density at radius 1 is 0.727 bits per heavy atom. The Morgan fingerprint density at radius 2 is 1.15 bits per heavy atom. The van der Waals surface area contributed by atoms with E-state index in [4.69, 9.17) is 9.97 Å². The second-order valence-electron chi connectivity index (χ2n) is 10.1. The number of rotatable bonds is 9. The van der Waals surface area contributed by atoms with Crippen LogP contribution in [0.4, 0.5) is 0 Å². The first kappa shape index (κ1) is 26.8. The van der Waals surface area contributed by atoms with E-state index < -0.39 is 0 Å². The number of aromatic nitrogens is 2. The van der Waals surface area contributed by atoms with Gasteiger partial charge in [-0.15, -0.1) is 0 Å². The fourth-order valence-electron chi connectivity index (χ4n) is 4.15. The Bertz CT molecular complexity index is 1090. The zero-order valence-corrected chi connectivity index (χ0v) is 22.6. The van der Waals surface area contributed by atoms with Gasteiger partial charge in [-0.2, -0.15) is 0 Å². The maximum Gasteiger partial charge on any atom is 0.0969 e. The third-order valence-electron chi connectivity index (χ3n) is 7.02. The van der Waals surface area contributed by atoms with Crippen LogP contribution in [0.15, 0.2) is 48.6 Å². The Morgan fingerprint density at radius 3 is 1.52 bits per heavy atom. The van der Waals surface area contributed by atoms with Gasteiger partial charge >= 0.3 is 0 Å². The van der Waals surface area contributed by atoms with E-state index in [1.807, 2.05) is 0 Å². The van der Waals surface area contributed by atoms with Gasteiger partial charge in [-0.25, -0.2) is 9.97 Å². The lowest BCUT2D eigenvalue weighted by molar-refractivity contribution is 0.501. The van der Waals surface area contributed by atoms with E-state index in [2.05, 4.69) is 118 Å². The largest absolute Gasteiger partial charge is 0.244 e. The molecule has 0 radical (unpaired) electrons. The van der Waals surface area contributed by atoms with Gasteiger partial charge in [0.1, 0.15) is 0 Å². The van der Waals surface area contributed by atoms with E-state index in [-0.39, 0.29) is 10.8 Å². The monoisotopic (exact) mass is 444 g/mol. The van der Waals surface area contributed by atoms with E-state index in [1.165, 1.54) is 11.1 Å². The lowest BCUT2D eigenvalue weighted by atomic mass is 9.76. The van der Waals surface area contributed by atoms with Gasteiger partial charge in [0.25, 0.3) is 0 Å². The van der Waals surface area contributed by atoms with Crippen LogP contribution in [-0.4, -0.2) is 9.97 Å². The molecule has 0 fully saturated rings. The molecular weight excluding hydrogens is 400 g/mol. The van der Waals surface area contributed by atoms with Crippen molar-refractivity contribution in [3.8, 4) is 0 Å². The summed E-state index contributed by atoms with van der Waals surface area (Å²) in [6, 6.07) is 4.61. The number of allylic oxidation sites excluding steroid dienone is 8. The second-order valence-corrected chi connectivity index (χ2v) is 10.1. The third-order valence-corrected chi connectivity index (χ3v) is 7.02. The fraction of sp³-hybridized carbons (Fsp3) is 0.484. The molecule has 2 aromatic rings. The van der Waals surface area contributed by atoms with Gasteiger partial charge in [0, 0.05) is 0 Å². The van der Waals surface area contributed by atoms with Crippen molar-refractivity contribution in [1.82, 2.24) is 9.97 Å². The predicted octanol–water partition coefficient (Wildman–Crippen LogP) is 9.35. The maximum absolute atomic E-state index is 5.43. The van der Waals surface area contributed by atoms with Crippen molar-refractivity contribution in [2.45, 2.75) is 99.3 Å². The molecule has 0 bridgehead atoms. The SMILES string of the molecule is C/C=C\C(=C/C)c1nc2c(C(C)(C)CC)ccc(C(C)(C)CC)c2nc1C(/C=C\C)=C/CC. The van der Waals surface area contributed by atoms with Gasteiger partial charge in [0.2, 0.25) is 0 Å². The molecule has 0 unspecified atom stereocenters. The minimum atomic E-state index is 0.0164. The molecule has 2 heteroatoms. The second kappa shape index (κ2) is 11.1. The van der Waals surface area contributed by atoms with E-state index in [0.29, 0.717) is 0 Å². The summed E-state index contributed by atoms with van der Waals surface area (Å²) in [5, 5.41) is 0. The molecule has 0 spiro atoms. The minimum Gasteiger partial charge on any atom is -0.244 e. The number of hydrogen-bond donors (Lipinski definition) is 0. The Hall–Kier alpha value is -2.48. The highest BCUT2D eigenvalue weighted by Crippen LogP contribution is 2.39. The quantitative estimate of drug-likeness (QED) is 0.360. The van der Waals surface area contributed by atoms with E-state index in [1.54, 1.807) is 0 Å². The van der Waals surface area contributed by atoms with Gasteiger partial charge in [-0.1, -0.05) is 97.1 Å². The van der Waals surface area contributed by atoms with Crippen molar-refractivity contribution in [3.05, 3.63) is 71.1 Å². The topological polar surface area (TPSA) is 25.8 Å². The standard InChI is InChI=1S/C31H44N2/c1-11-17-22(14-4)26-27(23(18-12-2)19-13-3)33-29-25(31(9,10)16-6)21-20-24(28(29)32-26)30(7,8)15-5/h11-12,14,17-21H,13,15-16H2,1-10H3/b17-11-,18-12-,22-14+,23-19+. The molecule has 0 atom stereocenters. The molecular formula is C31H44N2. The highest BCUT2D eigenvalue weighted by Gasteiger charge is 2.29. The molecule has 0 aliphatic rings. The van der Waals surface area contributed by atoms with Crippen molar-refractivity contribution in [3.63, 3.8) is 0 Å². The number of benzene rings is 1. The van der Waals surface area contributed by atoms with Crippen LogP contribution in [0.5, 0.6) is 0 Å². The van der Waals surface area contributed by atoms with Crippen LogP contribution in [0.2, 0.25) is 0 Å². The van der Waals surface area contributed by atoms with Crippen LogP contribution >= 0.6 is 0 Å². The zero-order chi connectivity index (χ0) is 24.8. The zero-order valence-electron chi connectivity index (χ0n) is 22.6. The van der Waals surface area contributed by atoms with Crippen LogP contribution in [0.1, 0.15) is 111 Å². The highest BCUT2D eigenvalue weighted by atomic mass is 14.8. The molecule has 0 saturated carbocycles. The van der Waals surface area contributed by atoms with Gasteiger partial charge in [0.05, 0.1) is 22.4 Å². The van der Waals surface area contributed by atoms with Crippen molar-refractivity contribution in [2.75, 3.05) is 0 Å². The first-order valence-electron chi connectivity index (χ1n) is 12.6. The summed E-state index contributed by atoms with van der Waals surface area (Å²) >= 11 is 0. The lowest BCUT2D eigenvalue weighted by Crippen LogP contribution is -2.21. The molecule has 1 aromatic heterocycles. The van der Waals surface area contributed by atoms with Crippen molar-refractivity contribution >= 4 is 22.2 Å². The summed E-state index contributed by atoms with van der Waals surface area (Å²) < 4.78 is 0. The Kier molecular flexibility index (Phi) is 9.00. The van der Waals surface area contributed by atoms with E-state index in [0.717, 1.165) is 52.8 Å². The molecule has 0 saturated heterocycles. The number of fused-ring (bicyclic) bond motifs is 1. The summed E-state index contributed by atoms with van der Waals surface area (Å²) in [6.07, 6.45) is 15.9. The van der Waals surface area contributed by atoms with Crippen molar-refractivity contribution < 1.29 is 0 Å². The molecule has 1 heterocycles. The fourth-order valence-corrected chi connectivity index (χ4v) is 4.15. The summed E-state index contributed by atoms with van der Waals surface area (Å²) in [5.41, 5.74) is 8.84. The molecule has 0 aliphatic carbocycles. The predicted molar refractivity (Wildman–Crippen MR) is 148 cm³/mol. The van der Waals surface area contributed by atoms with Crippen LogP contribution in [0.3, 0.4) is 0 Å². The summed E-state index contributed by atoms with van der Waals surface area (Å²) in [7, 11) is 0. The summed E-state index contributed by atoms with van der Waals surface area (Å²) in [4.78, 5) is 10.8. The average Bonchev–Trinajstić information content (AvgIpc) is 2.80. The van der Waals surface area contributed by atoms with Gasteiger partial charge in [-0.3, -0.25) is 0 Å². The molecule has 178 valence electrons. The van der Waals surface area contributed by atoms with Crippen molar-refractivity contribution in [1.29, 1.82) is 0 Å². The molecule has 1 aromatic carbocycles. The first-order chi connectivity index (χ1) is 15.6. The maximum atomic E-state index is 5.43. The van der Waals surface area contributed by atoms with Gasteiger partial charge in [-0.05, 0) is 73.1 Å². The Balaban J connectivity index is 3.18. The third kappa shape index (κ3) is 5.54. The summed E-state index contributed by atoms with van der Waals surface area (Å²) in [5.74, 6) is 0. The molecule has 0 N–H and O–H groups in total. The lowest BCUT2D eigenvalue weighted by Gasteiger charge is -2.30. The first-order valence-corrected chi connectivity index (χ1v) is 12.6. The van der Waals surface area contributed by atoms with Crippen LogP contribution < -0.4 is 0 Å². The molecule has 0 aliphatic heterocycles. The van der Waals surface area contributed by atoms with Crippen LogP contribution in [0.25, 0.3) is 22.2 Å². The summed E-state index contributed by atoms with van der Waals surface area (Å²) in [6.45, 7) is 22.1. The van der Waals surface area contributed by atoms with E-state index in [9.17, 15) is 0 Å². The number of nitrogens with zero attached hydrogens (tertiary/aromatic N) is 2. The Labute approximate surface area is 202 Å². The highest BCUT2D eigenvalue weighted by molar-refractivity contribution is 5.91. The molecule has 2 rings (SSSR count). The molecule has 33 heavy (non-hydrogen) atoms. The van der Waals surface area contributed by atoms with E-state index >= 15 is 0 Å². The average molecular weight is 445 g/mol. The normalized spacial score (nSPS) is 14.2. The minimum absolute atomic E-state index is 0.0164. The smallest absolute Gasteiger partial charge is 0.0969 e. The van der Waals surface area contributed by atoms with Gasteiger partial charge in [0.15, 0.2) is 0 Å². The number of hydrogen-bond acceptors (Lipinski definition) is 2. The van der Waals surface area contributed by atoms with Crippen LogP contribution in [0, 0.1) is 0 Å². The molecule has 2 nitrogen and oxygen atoms in total. The van der Waals surface area contributed by atoms with Crippen molar-refractivity contribution in [2.24, 2.45) is 0 Å².